The summed E-state index contributed by atoms with van der Waals surface area (Å²) in [7, 11) is 1.84. The maximum atomic E-state index is 5.19. The highest BCUT2D eigenvalue weighted by atomic mass is 16.6. The number of ether oxygens (including phenoxy) is 2. The van der Waals surface area contributed by atoms with Crippen LogP contribution in [0.2, 0.25) is 0 Å². The summed E-state index contributed by atoms with van der Waals surface area (Å²) in [6.45, 7) is 1.98. The molecule has 0 aromatic heterocycles. The van der Waals surface area contributed by atoms with Gasteiger partial charge >= 0.3 is 0 Å². The van der Waals surface area contributed by atoms with Crippen molar-refractivity contribution in [2.75, 3.05) is 26.9 Å². The molecule has 0 aromatic carbocycles. The highest BCUT2D eigenvalue weighted by molar-refractivity contribution is 4.92. The zero-order valence-electron chi connectivity index (χ0n) is 5.52. The molecule has 0 aliphatic carbocycles. The number of nitrogens with one attached hydrogen (secondary N) is 1. The van der Waals surface area contributed by atoms with Gasteiger partial charge in [0.2, 0.25) is 0 Å². The summed E-state index contributed by atoms with van der Waals surface area (Å²) in [5.74, 6) is 0.878. The third kappa shape index (κ3) is 1.93. The van der Waals surface area contributed by atoms with E-state index in [1.165, 1.54) is 0 Å². The molecule has 0 saturated carbocycles. The Morgan fingerprint density at radius 3 is 3.00 bits per heavy atom. The molecule has 0 aromatic rings. The lowest BCUT2D eigenvalue weighted by atomic mass is 10.5. The van der Waals surface area contributed by atoms with Crippen LogP contribution in [0.5, 0.6) is 0 Å². The average molecular weight is 129 g/mol. The van der Waals surface area contributed by atoms with E-state index in [0.29, 0.717) is 19.8 Å². The van der Waals surface area contributed by atoms with Crippen LogP contribution in [0.3, 0.4) is 0 Å². The fraction of sp³-hybridized carbons (Fsp3) is 0.667. The summed E-state index contributed by atoms with van der Waals surface area (Å²) >= 11 is 0. The summed E-state index contributed by atoms with van der Waals surface area (Å²) in [5, 5.41) is 2.87. The molecule has 1 fully saturated rings. The third-order valence-electron chi connectivity index (χ3n) is 1.06. The molecule has 0 unspecified atom stereocenters. The molecule has 1 heterocycles. The fourth-order valence-corrected chi connectivity index (χ4v) is 0.690. The van der Waals surface area contributed by atoms with Crippen molar-refractivity contribution in [2.45, 2.75) is 0 Å². The Morgan fingerprint density at radius 1 is 1.56 bits per heavy atom. The summed E-state index contributed by atoms with van der Waals surface area (Å²) in [6.07, 6.45) is 1.80. The minimum atomic E-state index is 0.598. The van der Waals surface area contributed by atoms with E-state index in [-0.39, 0.29) is 0 Å². The second-order valence-corrected chi connectivity index (χ2v) is 1.80. The summed E-state index contributed by atoms with van der Waals surface area (Å²) in [6, 6.07) is 0. The second kappa shape index (κ2) is 3.35. The van der Waals surface area contributed by atoms with Gasteiger partial charge in [0.05, 0.1) is 6.61 Å². The maximum absolute atomic E-state index is 5.19. The minimum Gasteiger partial charge on any atom is -0.492 e. The molecule has 1 saturated heterocycles. The molecule has 3 nitrogen and oxygen atoms in total. The van der Waals surface area contributed by atoms with Crippen molar-refractivity contribution in [3.8, 4) is 0 Å². The van der Waals surface area contributed by atoms with Crippen molar-refractivity contribution < 1.29 is 9.47 Å². The monoisotopic (exact) mass is 129 g/mol. The van der Waals surface area contributed by atoms with Gasteiger partial charge < -0.3 is 14.8 Å². The molecule has 9 heavy (non-hydrogen) atoms. The number of rotatable bonds is 1. The van der Waals surface area contributed by atoms with E-state index in [4.69, 9.17) is 9.47 Å². The molecule has 1 N–H and O–H groups in total. The van der Waals surface area contributed by atoms with Crippen molar-refractivity contribution in [1.29, 1.82) is 0 Å². The van der Waals surface area contributed by atoms with Crippen molar-refractivity contribution >= 4 is 0 Å². The fourth-order valence-electron chi connectivity index (χ4n) is 0.690. The molecule has 0 spiro atoms. The molecule has 0 bridgehead atoms. The van der Waals surface area contributed by atoms with Crippen molar-refractivity contribution in [1.82, 2.24) is 5.32 Å². The lowest BCUT2D eigenvalue weighted by Gasteiger charge is -2.15. The van der Waals surface area contributed by atoms with Gasteiger partial charge in [-0.15, -0.1) is 0 Å². The van der Waals surface area contributed by atoms with Crippen molar-refractivity contribution in [2.24, 2.45) is 0 Å². The zero-order chi connectivity index (χ0) is 6.53. The van der Waals surface area contributed by atoms with Crippen molar-refractivity contribution in [3.63, 3.8) is 0 Å². The Bertz CT molecular complexity index is 104. The average Bonchev–Trinajstić information content (AvgIpc) is 1.91. The zero-order valence-corrected chi connectivity index (χ0v) is 5.52. The van der Waals surface area contributed by atoms with Gasteiger partial charge in [-0.05, 0) is 0 Å². The SMILES string of the molecule is CNC=C1COCCO1. The van der Waals surface area contributed by atoms with E-state index >= 15 is 0 Å². The van der Waals surface area contributed by atoms with Crippen LogP contribution >= 0.6 is 0 Å². The molecule has 1 aliphatic rings. The Kier molecular flexibility index (Phi) is 2.39. The van der Waals surface area contributed by atoms with Gasteiger partial charge in [-0.25, -0.2) is 0 Å². The molecule has 3 heteroatoms. The van der Waals surface area contributed by atoms with Crippen LogP contribution in [0, 0.1) is 0 Å². The Morgan fingerprint density at radius 2 is 2.44 bits per heavy atom. The maximum Gasteiger partial charge on any atom is 0.137 e. The lowest BCUT2D eigenvalue weighted by Crippen LogP contribution is -2.17. The number of hydrogen-bond donors (Lipinski definition) is 1. The highest BCUT2D eigenvalue weighted by Crippen LogP contribution is 2.01. The van der Waals surface area contributed by atoms with Crippen LogP contribution in [0.4, 0.5) is 0 Å². The topological polar surface area (TPSA) is 30.5 Å². The molecule has 0 atom stereocenters. The van der Waals surface area contributed by atoms with Gasteiger partial charge in [0, 0.05) is 13.2 Å². The first-order valence-corrected chi connectivity index (χ1v) is 3.00. The Labute approximate surface area is 54.6 Å². The van der Waals surface area contributed by atoms with Gasteiger partial charge in [0.1, 0.15) is 19.0 Å². The van der Waals surface area contributed by atoms with Gasteiger partial charge in [-0.1, -0.05) is 0 Å². The first-order chi connectivity index (χ1) is 4.43. The van der Waals surface area contributed by atoms with E-state index in [0.717, 1.165) is 5.76 Å². The predicted molar refractivity (Wildman–Crippen MR) is 33.9 cm³/mol. The normalized spacial score (nSPS) is 23.4. The van der Waals surface area contributed by atoms with Crippen LogP contribution in [0.25, 0.3) is 0 Å². The van der Waals surface area contributed by atoms with E-state index < -0.39 is 0 Å². The van der Waals surface area contributed by atoms with Crippen LogP contribution in [0.15, 0.2) is 12.0 Å². The summed E-state index contributed by atoms with van der Waals surface area (Å²) in [4.78, 5) is 0. The standard InChI is InChI=1S/C6H11NO2/c1-7-4-6-5-8-2-3-9-6/h4,7H,2-3,5H2,1H3. The molecule has 0 amide bonds. The lowest BCUT2D eigenvalue weighted by molar-refractivity contribution is 0.0127. The quantitative estimate of drug-likeness (QED) is 0.544. The second-order valence-electron chi connectivity index (χ2n) is 1.80. The predicted octanol–water partition coefficient (Wildman–Crippen LogP) is 0.0940. The molecular formula is C6H11NO2. The first-order valence-electron chi connectivity index (χ1n) is 3.00. The Hall–Kier alpha value is -0.700. The smallest absolute Gasteiger partial charge is 0.137 e. The van der Waals surface area contributed by atoms with Crippen molar-refractivity contribution in [3.05, 3.63) is 12.0 Å². The van der Waals surface area contributed by atoms with Gasteiger partial charge in [0.15, 0.2) is 0 Å². The molecule has 1 aliphatic heterocycles. The molecule has 52 valence electrons. The molecular weight excluding hydrogens is 118 g/mol. The summed E-state index contributed by atoms with van der Waals surface area (Å²) in [5.41, 5.74) is 0. The highest BCUT2D eigenvalue weighted by Gasteiger charge is 2.03. The van der Waals surface area contributed by atoms with Gasteiger partial charge in [-0.3, -0.25) is 0 Å². The van der Waals surface area contributed by atoms with Crippen LogP contribution in [-0.2, 0) is 9.47 Å². The van der Waals surface area contributed by atoms with Crippen LogP contribution < -0.4 is 5.32 Å². The number of hydrogen-bond acceptors (Lipinski definition) is 3. The van der Waals surface area contributed by atoms with Crippen LogP contribution in [0.1, 0.15) is 0 Å². The first kappa shape index (κ1) is 6.42. The van der Waals surface area contributed by atoms with E-state index in [1.807, 2.05) is 7.05 Å². The van der Waals surface area contributed by atoms with E-state index in [9.17, 15) is 0 Å². The Balaban J connectivity index is 2.30. The largest absolute Gasteiger partial charge is 0.492 e. The minimum absolute atomic E-state index is 0.598. The molecule has 0 radical (unpaired) electrons. The van der Waals surface area contributed by atoms with Gasteiger partial charge in [-0.2, -0.15) is 0 Å². The molecule has 1 rings (SSSR count). The third-order valence-corrected chi connectivity index (χ3v) is 1.06. The van der Waals surface area contributed by atoms with Crippen LogP contribution in [-0.4, -0.2) is 26.9 Å². The van der Waals surface area contributed by atoms with E-state index in [1.54, 1.807) is 6.20 Å². The van der Waals surface area contributed by atoms with E-state index in [2.05, 4.69) is 5.32 Å². The van der Waals surface area contributed by atoms with Gasteiger partial charge in [0.25, 0.3) is 0 Å². The summed E-state index contributed by atoms with van der Waals surface area (Å²) < 4.78 is 10.3.